The number of carbonyl (C=O) groups is 3. The van der Waals surface area contributed by atoms with E-state index in [1.165, 1.54) is 4.90 Å². The van der Waals surface area contributed by atoms with E-state index in [1.54, 1.807) is 11.1 Å². The summed E-state index contributed by atoms with van der Waals surface area (Å²) in [7, 11) is 0. The molecule has 2 aliphatic rings. The van der Waals surface area contributed by atoms with E-state index >= 15 is 0 Å². The number of rotatable bonds is 2. The Morgan fingerprint density at radius 3 is 2.68 bits per heavy atom. The summed E-state index contributed by atoms with van der Waals surface area (Å²) in [6.45, 7) is 8.53. The lowest BCUT2D eigenvalue weighted by molar-refractivity contribution is -0.120. The Balaban J connectivity index is 1.54. The summed E-state index contributed by atoms with van der Waals surface area (Å²) in [4.78, 5) is 46.2. The van der Waals surface area contributed by atoms with Crippen LogP contribution in [0.3, 0.4) is 0 Å². The second-order valence-electron chi connectivity index (χ2n) is 8.77. The fourth-order valence-corrected chi connectivity index (χ4v) is 3.88. The summed E-state index contributed by atoms with van der Waals surface area (Å²) in [6.07, 6.45) is 4.28. The fourth-order valence-electron chi connectivity index (χ4n) is 3.88. The molecule has 4 rings (SSSR count). The number of nitrogens with one attached hydrogen (secondary N) is 1. The second-order valence-corrected chi connectivity index (χ2v) is 8.77. The number of hydrogen-bond donors (Lipinski definition) is 1. The van der Waals surface area contributed by atoms with E-state index < -0.39 is 11.6 Å². The average molecular weight is 428 g/mol. The number of carbonyl (C=O) groups excluding carboxylic acids is 3. The lowest BCUT2D eigenvalue weighted by Crippen LogP contribution is -2.50. The van der Waals surface area contributed by atoms with Crippen molar-refractivity contribution in [1.29, 1.82) is 0 Å². The van der Waals surface area contributed by atoms with Crippen molar-refractivity contribution < 1.29 is 19.1 Å². The van der Waals surface area contributed by atoms with Gasteiger partial charge in [0.1, 0.15) is 11.4 Å². The molecule has 2 saturated heterocycles. The lowest BCUT2D eigenvalue weighted by atomic mass is 10.2. The van der Waals surface area contributed by atoms with Crippen molar-refractivity contribution in [3.63, 3.8) is 0 Å². The molecule has 10 nitrogen and oxygen atoms in total. The average Bonchev–Trinajstić information content (AvgIpc) is 2.96. The summed E-state index contributed by atoms with van der Waals surface area (Å²) in [5, 5.41) is 2.35. The Morgan fingerprint density at radius 1 is 1.13 bits per heavy atom. The first kappa shape index (κ1) is 21.0. The topological polar surface area (TPSA) is 99.5 Å². The third-order valence-corrected chi connectivity index (χ3v) is 5.31. The predicted octanol–water partition coefficient (Wildman–Crippen LogP) is 2.23. The van der Waals surface area contributed by atoms with Crippen molar-refractivity contribution in [2.45, 2.75) is 39.2 Å². The number of urea groups is 1. The number of anilines is 2. The molecular formula is C21H28N6O4. The second kappa shape index (κ2) is 8.09. The van der Waals surface area contributed by atoms with Gasteiger partial charge in [0.15, 0.2) is 5.65 Å². The van der Waals surface area contributed by atoms with Crippen molar-refractivity contribution in [3.8, 4) is 0 Å². The highest BCUT2D eigenvalue weighted by molar-refractivity contribution is 6.05. The van der Waals surface area contributed by atoms with Crippen LogP contribution in [0.2, 0.25) is 0 Å². The number of fused-ring (bicyclic) bond motifs is 1. The van der Waals surface area contributed by atoms with Gasteiger partial charge < -0.3 is 14.5 Å². The molecule has 0 unspecified atom stereocenters. The molecule has 2 aliphatic heterocycles. The maximum Gasteiger partial charge on any atom is 0.410 e. The number of imide groups is 1. The van der Waals surface area contributed by atoms with Gasteiger partial charge in [-0.15, -0.1) is 0 Å². The maximum atomic E-state index is 12.5. The van der Waals surface area contributed by atoms with E-state index in [9.17, 15) is 14.4 Å². The molecule has 4 heterocycles. The van der Waals surface area contributed by atoms with Crippen molar-refractivity contribution in [2.24, 2.45) is 0 Å². The zero-order valence-corrected chi connectivity index (χ0v) is 18.1. The summed E-state index contributed by atoms with van der Waals surface area (Å²) >= 11 is 0. The number of aromatic nitrogens is 2. The molecule has 0 aliphatic carbocycles. The van der Waals surface area contributed by atoms with Crippen LogP contribution in [0, 0.1) is 0 Å². The van der Waals surface area contributed by atoms with Crippen LogP contribution in [0.15, 0.2) is 24.5 Å². The maximum absolute atomic E-state index is 12.5. The van der Waals surface area contributed by atoms with Crippen LogP contribution in [0.25, 0.3) is 5.65 Å². The zero-order valence-electron chi connectivity index (χ0n) is 18.1. The van der Waals surface area contributed by atoms with Crippen LogP contribution in [-0.4, -0.2) is 70.6 Å². The van der Waals surface area contributed by atoms with Crippen molar-refractivity contribution in [1.82, 2.24) is 19.6 Å². The zero-order chi connectivity index (χ0) is 22.2. The molecule has 0 bridgehead atoms. The minimum Gasteiger partial charge on any atom is -0.444 e. The van der Waals surface area contributed by atoms with Gasteiger partial charge >= 0.3 is 12.1 Å². The molecule has 0 saturated carbocycles. The smallest absolute Gasteiger partial charge is 0.410 e. The van der Waals surface area contributed by atoms with Gasteiger partial charge in [0, 0.05) is 45.3 Å². The molecular weight excluding hydrogens is 400 g/mol. The Bertz CT molecular complexity index is 1010. The van der Waals surface area contributed by atoms with E-state index in [0.29, 0.717) is 32.0 Å². The Kier molecular flexibility index (Phi) is 5.47. The van der Waals surface area contributed by atoms with E-state index in [-0.39, 0.29) is 18.4 Å². The van der Waals surface area contributed by atoms with Crippen LogP contribution >= 0.6 is 0 Å². The van der Waals surface area contributed by atoms with Crippen molar-refractivity contribution in [2.75, 3.05) is 42.5 Å². The number of hydrogen-bond acceptors (Lipinski definition) is 6. The number of nitrogens with zero attached hydrogens (tertiary/aromatic N) is 5. The van der Waals surface area contributed by atoms with Gasteiger partial charge in [-0.2, -0.15) is 0 Å². The molecule has 31 heavy (non-hydrogen) atoms. The van der Waals surface area contributed by atoms with Crippen LogP contribution in [0.4, 0.5) is 21.1 Å². The standard InChI is InChI=1S/C21H28N6O4/c1-21(2,3)31-20(30)25-9-5-8-24(12-13-25)15-6-4-10-26-17(14-22-18(15)26)27-11-7-16(28)23-19(27)29/h4,6,10,14H,5,7-9,11-13H2,1-3H3,(H,23,28,29). The Labute approximate surface area is 180 Å². The monoisotopic (exact) mass is 428 g/mol. The molecule has 0 aromatic carbocycles. The molecule has 2 aromatic heterocycles. The quantitative estimate of drug-likeness (QED) is 0.788. The molecule has 10 heteroatoms. The molecule has 0 spiro atoms. The Morgan fingerprint density at radius 2 is 1.94 bits per heavy atom. The summed E-state index contributed by atoms with van der Waals surface area (Å²) in [5.74, 6) is 0.349. The molecule has 4 amide bonds. The van der Waals surface area contributed by atoms with Gasteiger partial charge in [-0.05, 0) is 39.3 Å². The van der Waals surface area contributed by atoms with Crippen molar-refractivity contribution in [3.05, 3.63) is 24.5 Å². The van der Waals surface area contributed by atoms with Gasteiger partial charge in [0.2, 0.25) is 5.91 Å². The number of amides is 4. The van der Waals surface area contributed by atoms with Crippen LogP contribution in [-0.2, 0) is 9.53 Å². The molecule has 166 valence electrons. The van der Waals surface area contributed by atoms with E-state index in [4.69, 9.17) is 4.74 Å². The SMILES string of the molecule is CC(C)(C)OC(=O)N1CCCN(c2cccn3c(N4CCC(=O)NC4=O)cnc23)CC1. The van der Waals surface area contributed by atoms with Gasteiger partial charge in [0.05, 0.1) is 11.9 Å². The molecule has 2 aromatic rings. The largest absolute Gasteiger partial charge is 0.444 e. The van der Waals surface area contributed by atoms with E-state index in [2.05, 4.69) is 15.2 Å². The highest BCUT2D eigenvalue weighted by Gasteiger charge is 2.28. The molecule has 0 radical (unpaired) electrons. The first-order chi connectivity index (χ1) is 14.7. The number of imidazole rings is 1. The van der Waals surface area contributed by atoms with E-state index in [0.717, 1.165) is 24.3 Å². The third kappa shape index (κ3) is 4.42. The molecule has 2 fully saturated rings. The first-order valence-corrected chi connectivity index (χ1v) is 10.5. The van der Waals surface area contributed by atoms with Gasteiger partial charge in [-0.25, -0.2) is 14.6 Å². The Hall–Kier alpha value is -3.30. The third-order valence-electron chi connectivity index (χ3n) is 5.31. The minimum absolute atomic E-state index is 0.255. The lowest BCUT2D eigenvalue weighted by Gasteiger charge is -2.27. The summed E-state index contributed by atoms with van der Waals surface area (Å²) in [5.41, 5.74) is 1.15. The highest BCUT2D eigenvalue weighted by atomic mass is 16.6. The van der Waals surface area contributed by atoms with E-state index in [1.807, 2.05) is 43.5 Å². The summed E-state index contributed by atoms with van der Waals surface area (Å²) < 4.78 is 7.38. The fraction of sp³-hybridized carbons (Fsp3) is 0.524. The van der Waals surface area contributed by atoms with Crippen molar-refractivity contribution >= 4 is 35.2 Å². The number of ether oxygens (including phenoxy) is 1. The molecule has 1 N–H and O–H groups in total. The van der Waals surface area contributed by atoms with Crippen LogP contribution < -0.4 is 15.1 Å². The predicted molar refractivity (Wildman–Crippen MR) is 115 cm³/mol. The molecule has 0 atom stereocenters. The minimum atomic E-state index is -0.522. The van der Waals surface area contributed by atoms with Gasteiger partial charge in [-0.3, -0.25) is 19.4 Å². The van der Waals surface area contributed by atoms with Crippen LogP contribution in [0.5, 0.6) is 0 Å². The highest BCUT2D eigenvalue weighted by Crippen LogP contribution is 2.27. The number of pyridine rings is 1. The van der Waals surface area contributed by atoms with Gasteiger partial charge in [0.25, 0.3) is 0 Å². The first-order valence-electron chi connectivity index (χ1n) is 10.5. The normalized spacial score (nSPS) is 18.2. The van der Waals surface area contributed by atoms with Crippen LogP contribution in [0.1, 0.15) is 33.6 Å². The summed E-state index contributed by atoms with van der Waals surface area (Å²) in [6, 6.07) is 3.47. The van der Waals surface area contributed by atoms with Gasteiger partial charge in [-0.1, -0.05) is 0 Å².